The number of hydrogen-bond acceptors (Lipinski definition) is 3. The maximum absolute atomic E-state index is 13.7. The second kappa shape index (κ2) is 6.06. The standard InChI is InChI=1S/C16H11ClF2N2O2/c17-9-1-4-14-12(5-9)16(23)21(8-20-14)7-15(22)11-3-2-10(18)6-13(11)19/h1-6,8,15,22H,7H2/t15-/m1/s1. The minimum Gasteiger partial charge on any atom is -0.386 e. The summed E-state index contributed by atoms with van der Waals surface area (Å²) in [6, 6.07) is 7.57. The molecule has 0 fully saturated rings. The Labute approximate surface area is 134 Å². The van der Waals surface area contributed by atoms with Crippen LogP contribution < -0.4 is 5.56 Å². The Morgan fingerprint density at radius 1 is 1.22 bits per heavy atom. The van der Waals surface area contributed by atoms with Crippen LogP contribution >= 0.6 is 11.6 Å². The molecule has 23 heavy (non-hydrogen) atoms. The van der Waals surface area contributed by atoms with Gasteiger partial charge in [0.15, 0.2) is 0 Å². The molecule has 0 aliphatic rings. The van der Waals surface area contributed by atoms with Gasteiger partial charge in [-0.3, -0.25) is 9.36 Å². The highest BCUT2D eigenvalue weighted by molar-refractivity contribution is 6.31. The van der Waals surface area contributed by atoms with E-state index in [1.807, 2.05) is 0 Å². The van der Waals surface area contributed by atoms with Crippen LogP contribution in [0.4, 0.5) is 8.78 Å². The van der Waals surface area contributed by atoms with Gasteiger partial charge in [0.25, 0.3) is 5.56 Å². The largest absolute Gasteiger partial charge is 0.386 e. The molecular formula is C16H11ClF2N2O2. The van der Waals surface area contributed by atoms with E-state index in [1.165, 1.54) is 12.4 Å². The lowest BCUT2D eigenvalue weighted by Crippen LogP contribution is -2.24. The molecule has 1 atom stereocenters. The van der Waals surface area contributed by atoms with Crippen molar-refractivity contribution in [2.45, 2.75) is 12.6 Å². The summed E-state index contributed by atoms with van der Waals surface area (Å²) in [4.78, 5) is 16.5. The van der Waals surface area contributed by atoms with Gasteiger partial charge in [0.05, 0.1) is 29.9 Å². The molecule has 0 aliphatic heterocycles. The van der Waals surface area contributed by atoms with Gasteiger partial charge in [-0.25, -0.2) is 13.8 Å². The zero-order chi connectivity index (χ0) is 16.6. The first-order valence-electron chi connectivity index (χ1n) is 6.73. The van der Waals surface area contributed by atoms with Crippen LogP contribution in [0.15, 0.2) is 47.5 Å². The molecule has 118 valence electrons. The fraction of sp³-hybridized carbons (Fsp3) is 0.125. The van der Waals surface area contributed by atoms with Crippen LogP contribution in [0, 0.1) is 11.6 Å². The van der Waals surface area contributed by atoms with E-state index in [1.54, 1.807) is 12.1 Å². The van der Waals surface area contributed by atoms with E-state index >= 15 is 0 Å². The van der Waals surface area contributed by atoms with Crippen molar-refractivity contribution in [1.82, 2.24) is 9.55 Å². The van der Waals surface area contributed by atoms with Crippen LogP contribution in [0.3, 0.4) is 0 Å². The summed E-state index contributed by atoms with van der Waals surface area (Å²) in [6.07, 6.45) is -0.0461. The van der Waals surface area contributed by atoms with E-state index < -0.39 is 23.3 Å². The summed E-state index contributed by atoms with van der Waals surface area (Å²) in [5.41, 5.74) is -0.0262. The van der Waals surface area contributed by atoms with Gasteiger partial charge in [-0.15, -0.1) is 0 Å². The molecule has 1 heterocycles. The zero-order valence-electron chi connectivity index (χ0n) is 11.7. The van der Waals surface area contributed by atoms with Crippen molar-refractivity contribution in [3.05, 3.63) is 75.3 Å². The summed E-state index contributed by atoms with van der Waals surface area (Å²) in [5.74, 6) is -1.61. The first-order chi connectivity index (χ1) is 11.0. The van der Waals surface area contributed by atoms with Crippen molar-refractivity contribution in [3.63, 3.8) is 0 Å². The van der Waals surface area contributed by atoms with Gasteiger partial charge in [-0.05, 0) is 24.3 Å². The third-order valence-electron chi connectivity index (χ3n) is 3.48. The quantitative estimate of drug-likeness (QED) is 0.799. The van der Waals surface area contributed by atoms with E-state index in [2.05, 4.69) is 4.98 Å². The minimum absolute atomic E-state index is 0.0931. The third kappa shape index (κ3) is 3.09. The Bertz CT molecular complexity index is 943. The van der Waals surface area contributed by atoms with Gasteiger partial charge in [-0.1, -0.05) is 17.7 Å². The first-order valence-corrected chi connectivity index (χ1v) is 7.11. The summed E-state index contributed by atoms with van der Waals surface area (Å²) >= 11 is 5.87. The normalized spacial score (nSPS) is 12.5. The first kappa shape index (κ1) is 15.6. The SMILES string of the molecule is O=c1c2cc(Cl)ccc2ncn1C[C@@H](O)c1ccc(F)cc1F. The second-order valence-electron chi connectivity index (χ2n) is 5.05. The number of fused-ring (bicyclic) bond motifs is 1. The highest BCUT2D eigenvalue weighted by atomic mass is 35.5. The highest BCUT2D eigenvalue weighted by Crippen LogP contribution is 2.20. The van der Waals surface area contributed by atoms with Gasteiger partial charge in [0, 0.05) is 16.7 Å². The van der Waals surface area contributed by atoms with Crippen LogP contribution in [-0.2, 0) is 6.54 Å². The summed E-state index contributed by atoms with van der Waals surface area (Å²) in [5, 5.41) is 10.8. The topological polar surface area (TPSA) is 55.1 Å². The van der Waals surface area contributed by atoms with Gasteiger partial charge in [0.2, 0.25) is 0 Å². The molecule has 0 bridgehead atoms. The Balaban J connectivity index is 1.98. The van der Waals surface area contributed by atoms with Crippen molar-refractivity contribution >= 4 is 22.5 Å². The Morgan fingerprint density at radius 2 is 2.00 bits per heavy atom. The number of hydrogen-bond donors (Lipinski definition) is 1. The third-order valence-corrected chi connectivity index (χ3v) is 3.71. The van der Waals surface area contributed by atoms with Crippen LogP contribution in [-0.4, -0.2) is 14.7 Å². The predicted octanol–water partition coefficient (Wildman–Crippen LogP) is 3.06. The fourth-order valence-corrected chi connectivity index (χ4v) is 2.49. The average molecular weight is 337 g/mol. The molecule has 1 N–H and O–H groups in total. The number of aromatic nitrogens is 2. The molecule has 0 saturated heterocycles. The molecule has 3 rings (SSSR count). The molecule has 0 saturated carbocycles. The molecule has 4 nitrogen and oxygen atoms in total. The van der Waals surface area contributed by atoms with Crippen molar-refractivity contribution in [1.29, 1.82) is 0 Å². The number of aliphatic hydroxyl groups excluding tert-OH is 1. The van der Waals surface area contributed by atoms with Crippen molar-refractivity contribution in [2.24, 2.45) is 0 Å². The lowest BCUT2D eigenvalue weighted by atomic mass is 10.1. The van der Waals surface area contributed by atoms with Crippen LogP contribution in [0.5, 0.6) is 0 Å². The zero-order valence-corrected chi connectivity index (χ0v) is 12.5. The number of rotatable bonds is 3. The van der Waals surface area contributed by atoms with Gasteiger partial charge in [0.1, 0.15) is 11.6 Å². The molecule has 1 aromatic heterocycles. The van der Waals surface area contributed by atoms with Crippen molar-refractivity contribution < 1.29 is 13.9 Å². The minimum atomic E-state index is -1.31. The van der Waals surface area contributed by atoms with E-state index in [4.69, 9.17) is 11.6 Å². The Hall–Kier alpha value is -2.31. The molecule has 0 unspecified atom stereocenters. The number of halogens is 3. The van der Waals surface area contributed by atoms with Crippen LogP contribution in [0.25, 0.3) is 10.9 Å². The van der Waals surface area contributed by atoms with E-state index in [-0.39, 0.29) is 12.1 Å². The van der Waals surface area contributed by atoms with Crippen molar-refractivity contribution in [2.75, 3.05) is 0 Å². The van der Waals surface area contributed by atoms with Gasteiger partial charge < -0.3 is 5.11 Å². The van der Waals surface area contributed by atoms with Crippen LogP contribution in [0.1, 0.15) is 11.7 Å². The van der Waals surface area contributed by atoms with E-state index in [0.29, 0.717) is 22.0 Å². The molecule has 3 aromatic rings. The summed E-state index contributed by atoms with van der Waals surface area (Å²) < 4.78 is 27.8. The maximum Gasteiger partial charge on any atom is 0.261 e. The van der Waals surface area contributed by atoms with E-state index in [0.717, 1.165) is 16.7 Å². The molecule has 0 aliphatic carbocycles. The monoisotopic (exact) mass is 336 g/mol. The highest BCUT2D eigenvalue weighted by Gasteiger charge is 2.15. The van der Waals surface area contributed by atoms with Gasteiger partial charge in [-0.2, -0.15) is 0 Å². The molecule has 7 heteroatoms. The molecule has 2 aromatic carbocycles. The lowest BCUT2D eigenvalue weighted by molar-refractivity contribution is 0.150. The maximum atomic E-state index is 13.7. The van der Waals surface area contributed by atoms with Gasteiger partial charge >= 0.3 is 0 Å². The Morgan fingerprint density at radius 3 is 2.74 bits per heavy atom. The number of benzene rings is 2. The number of aliphatic hydroxyl groups is 1. The lowest BCUT2D eigenvalue weighted by Gasteiger charge is -2.14. The van der Waals surface area contributed by atoms with Crippen molar-refractivity contribution in [3.8, 4) is 0 Å². The predicted molar refractivity (Wildman–Crippen MR) is 82.3 cm³/mol. The van der Waals surface area contributed by atoms with E-state index in [9.17, 15) is 18.7 Å². The summed E-state index contributed by atoms with van der Waals surface area (Å²) in [6.45, 7) is -0.211. The number of nitrogens with zero attached hydrogens (tertiary/aromatic N) is 2. The summed E-state index contributed by atoms with van der Waals surface area (Å²) in [7, 11) is 0. The van der Waals surface area contributed by atoms with Crippen LogP contribution in [0.2, 0.25) is 5.02 Å². The molecule has 0 amide bonds. The molecule has 0 radical (unpaired) electrons. The fourth-order valence-electron chi connectivity index (χ4n) is 2.32. The second-order valence-corrected chi connectivity index (χ2v) is 5.48. The molecule has 0 spiro atoms. The molecular weight excluding hydrogens is 326 g/mol. The Kier molecular flexibility index (Phi) is 4.11. The smallest absolute Gasteiger partial charge is 0.261 e. The average Bonchev–Trinajstić information content (AvgIpc) is 2.50.